The van der Waals surface area contributed by atoms with Gasteiger partial charge in [-0.1, -0.05) is 39.8 Å². The smallest absolute Gasteiger partial charge is 0.268 e. The maximum Gasteiger partial charge on any atom is 0.268 e. The van der Waals surface area contributed by atoms with Crippen molar-refractivity contribution in [2.45, 2.75) is 66.8 Å². The van der Waals surface area contributed by atoms with Crippen LogP contribution < -0.4 is 10.9 Å². The number of carbonyl (C=O) groups excluding carboxylic acids is 1. The van der Waals surface area contributed by atoms with Crippen molar-refractivity contribution in [3.63, 3.8) is 0 Å². The number of rotatable bonds is 7. The number of fused-ring (bicyclic) bond motifs is 1. The predicted molar refractivity (Wildman–Crippen MR) is 142 cm³/mol. The second kappa shape index (κ2) is 9.77. The van der Waals surface area contributed by atoms with Crippen LogP contribution in [0, 0.1) is 19.8 Å². The molecule has 8 heteroatoms. The molecule has 0 aliphatic heterocycles. The van der Waals surface area contributed by atoms with E-state index in [0.717, 1.165) is 11.4 Å². The molecule has 184 valence electrons. The standard InChI is InChI=1S/C27H33N5O2S/c1-15(2)18(6)28-24(33)13-22-14-35-27-29-19(7)25(26(34)31(22)27)23-12-17(5)32(30-23)21-10-8-20(9-11-21)16(3)4/h8-12,14-16,18H,13H2,1-7H3,(H,28,33)/t18-/m0/s1. The van der Waals surface area contributed by atoms with Crippen LogP contribution in [0.2, 0.25) is 0 Å². The zero-order chi connectivity index (χ0) is 25.4. The highest BCUT2D eigenvalue weighted by molar-refractivity contribution is 7.15. The normalized spacial score (nSPS) is 12.6. The fourth-order valence-corrected chi connectivity index (χ4v) is 4.94. The average Bonchev–Trinajstić information content (AvgIpc) is 3.36. The molecule has 1 aromatic carbocycles. The van der Waals surface area contributed by atoms with E-state index < -0.39 is 0 Å². The SMILES string of the molecule is Cc1nc2scc(CC(=O)N[C@@H](C)C(C)C)n2c(=O)c1-c1cc(C)n(-c2ccc(C(C)C)cc2)n1. The van der Waals surface area contributed by atoms with E-state index in [-0.39, 0.29) is 23.9 Å². The minimum Gasteiger partial charge on any atom is -0.353 e. The van der Waals surface area contributed by atoms with Crippen LogP contribution in [0.25, 0.3) is 21.9 Å². The zero-order valence-corrected chi connectivity index (χ0v) is 22.2. The van der Waals surface area contributed by atoms with E-state index in [1.807, 2.05) is 49.0 Å². The molecule has 0 saturated carbocycles. The molecular weight excluding hydrogens is 458 g/mol. The van der Waals surface area contributed by atoms with E-state index in [2.05, 4.69) is 50.1 Å². The maximum atomic E-state index is 13.7. The number of carbonyl (C=O) groups is 1. The van der Waals surface area contributed by atoms with Gasteiger partial charge in [0.1, 0.15) is 5.69 Å². The highest BCUT2D eigenvalue weighted by Gasteiger charge is 2.21. The van der Waals surface area contributed by atoms with Crippen LogP contribution in [0.3, 0.4) is 0 Å². The van der Waals surface area contributed by atoms with Crippen molar-refractivity contribution < 1.29 is 4.79 Å². The van der Waals surface area contributed by atoms with Crippen LogP contribution in [0.1, 0.15) is 63.2 Å². The number of nitrogens with zero attached hydrogens (tertiary/aromatic N) is 4. The van der Waals surface area contributed by atoms with Gasteiger partial charge < -0.3 is 5.32 Å². The summed E-state index contributed by atoms with van der Waals surface area (Å²) in [6, 6.07) is 10.3. The Hall–Kier alpha value is -3.26. The van der Waals surface area contributed by atoms with E-state index in [0.29, 0.717) is 39.4 Å². The Labute approximate surface area is 209 Å². The molecule has 4 aromatic rings. The third-order valence-corrected chi connectivity index (χ3v) is 7.37. The lowest BCUT2D eigenvalue weighted by Crippen LogP contribution is -2.37. The van der Waals surface area contributed by atoms with Crippen molar-refractivity contribution in [2.75, 3.05) is 0 Å². The summed E-state index contributed by atoms with van der Waals surface area (Å²) < 4.78 is 3.40. The molecule has 3 heterocycles. The third kappa shape index (κ3) is 4.93. The number of benzene rings is 1. The molecule has 1 atom stereocenters. The molecule has 0 fully saturated rings. The average molecular weight is 492 g/mol. The minimum absolute atomic E-state index is 0.0570. The van der Waals surface area contributed by atoms with Gasteiger partial charge in [-0.2, -0.15) is 5.10 Å². The van der Waals surface area contributed by atoms with Crippen molar-refractivity contribution >= 4 is 22.2 Å². The van der Waals surface area contributed by atoms with Gasteiger partial charge in [-0.15, -0.1) is 11.3 Å². The van der Waals surface area contributed by atoms with Crippen molar-refractivity contribution in [3.05, 3.63) is 68.7 Å². The zero-order valence-electron chi connectivity index (χ0n) is 21.4. The quantitative estimate of drug-likeness (QED) is 0.392. The first-order chi connectivity index (χ1) is 16.6. The molecule has 0 unspecified atom stereocenters. The molecular formula is C27H33N5O2S. The van der Waals surface area contributed by atoms with Crippen LogP contribution in [0.5, 0.6) is 0 Å². The molecule has 4 rings (SSSR count). The Balaban J connectivity index is 1.72. The molecule has 7 nitrogen and oxygen atoms in total. The third-order valence-electron chi connectivity index (χ3n) is 6.50. The van der Waals surface area contributed by atoms with E-state index in [1.165, 1.54) is 16.9 Å². The van der Waals surface area contributed by atoms with Gasteiger partial charge >= 0.3 is 0 Å². The highest BCUT2D eigenvalue weighted by atomic mass is 32.1. The lowest BCUT2D eigenvalue weighted by atomic mass is 10.0. The fraction of sp³-hybridized carbons (Fsp3) is 0.407. The summed E-state index contributed by atoms with van der Waals surface area (Å²) in [6.45, 7) is 14.2. The summed E-state index contributed by atoms with van der Waals surface area (Å²) in [6.07, 6.45) is 0.122. The van der Waals surface area contributed by atoms with E-state index in [1.54, 1.807) is 4.40 Å². The summed E-state index contributed by atoms with van der Waals surface area (Å²) in [5.41, 5.74) is 5.23. The summed E-state index contributed by atoms with van der Waals surface area (Å²) >= 11 is 1.37. The number of hydrogen-bond donors (Lipinski definition) is 1. The lowest BCUT2D eigenvalue weighted by Gasteiger charge is -2.17. The second-order valence-corrected chi connectivity index (χ2v) is 10.7. The molecule has 0 spiro atoms. The highest BCUT2D eigenvalue weighted by Crippen LogP contribution is 2.24. The van der Waals surface area contributed by atoms with Crippen LogP contribution >= 0.6 is 11.3 Å². The molecule has 35 heavy (non-hydrogen) atoms. The van der Waals surface area contributed by atoms with Gasteiger partial charge in [-0.25, -0.2) is 9.67 Å². The Bertz CT molecular complexity index is 1430. The lowest BCUT2D eigenvalue weighted by molar-refractivity contribution is -0.121. The minimum atomic E-state index is -0.201. The summed E-state index contributed by atoms with van der Waals surface area (Å²) in [5, 5.41) is 9.63. The number of hydrogen-bond acceptors (Lipinski definition) is 5. The topological polar surface area (TPSA) is 81.3 Å². The second-order valence-electron chi connectivity index (χ2n) is 9.83. The van der Waals surface area contributed by atoms with Crippen molar-refractivity contribution in [3.8, 4) is 16.9 Å². The number of aromatic nitrogens is 4. The first-order valence-electron chi connectivity index (χ1n) is 12.0. The first-order valence-corrected chi connectivity index (χ1v) is 12.9. The monoisotopic (exact) mass is 491 g/mol. The molecule has 0 saturated heterocycles. The Morgan fingerprint density at radius 1 is 1.09 bits per heavy atom. The summed E-state index contributed by atoms with van der Waals surface area (Å²) in [4.78, 5) is 31.5. The summed E-state index contributed by atoms with van der Waals surface area (Å²) in [7, 11) is 0. The van der Waals surface area contributed by atoms with E-state index in [4.69, 9.17) is 5.10 Å². The molecule has 1 N–H and O–H groups in total. The fourth-order valence-electron chi connectivity index (χ4n) is 4.02. The molecule has 1 amide bonds. The Kier molecular flexibility index (Phi) is 6.94. The van der Waals surface area contributed by atoms with Gasteiger partial charge in [-0.05, 0) is 56.4 Å². The van der Waals surface area contributed by atoms with Crippen LogP contribution in [-0.4, -0.2) is 31.1 Å². The summed E-state index contributed by atoms with van der Waals surface area (Å²) in [5.74, 6) is 0.677. The van der Waals surface area contributed by atoms with E-state index >= 15 is 0 Å². The van der Waals surface area contributed by atoms with Gasteiger partial charge in [-0.3, -0.25) is 14.0 Å². The molecule has 0 bridgehead atoms. The van der Waals surface area contributed by atoms with Crippen molar-refractivity contribution in [1.82, 2.24) is 24.5 Å². The van der Waals surface area contributed by atoms with Gasteiger partial charge in [0.2, 0.25) is 5.91 Å². The van der Waals surface area contributed by atoms with E-state index in [9.17, 15) is 9.59 Å². The number of amides is 1. The first kappa shape index (κ1) is 24.9. The molecule has 0 aliphatic rings. The number of nitrogens with one attached hydrogen (secondary N) is 1. The van der Waals surface area contributed by atoms with Gasteiger partial charge in [0, 0.05) is 22.8 Å². The van der Waals surface area contributed by atoms with Crippen LogP contribution in [0.4, 0.5) is 0 Å². The van der Waals surface area contributed by atoms with Gasteiger partial charge in [0.25, 0.3) is 5.56 Å². The molecule has 0 aliphatic carbocycles. The molecule has 0 radical (unpaired) electrons. The van der Waals surface area contributed by atoms with Crippen LogP contribution in [-0.2, 0) is 11.2 Å². The predicted octanol–water partition coefficient (Wildman–Crippen LogP) is 5.05. The number of aryl methyl sites for hydroxylation is 2. The van der Waals surface area contributed by atoms with Crippen LogP contribution in [0.15, 0.2) is 40.5 Å². The van der Waals surface area contributed by atoms with Crippen molar-refractivity contribution in [1.29, 1.82) is 0 Å². The van der Waals surface area contributed by atoms with Gasteiger partial charge in [0.05, 0.1) is 23.4 Å². The number of thiazole rings is 1. The Morgan fingerprint density at radius 2 is 1.77 bits per heavy atom. The van der Waals surface area contributed by atoms with Gasteiger partial charge in [0.15, 0.2) is 4.96 Å². The van der Waals surface area contributed by atoms with Crippen molar-refractivity contribution in [2.24, 2.45) is 5.92 Å². The largest absolute Gasteiger partial charge is 0.353 e. The Morgan fingerprint density at radius 3 is 2.40 bits per heavy atom. The maximum absolute atomic E-state index is 13.7. The molecule has 3 aromatic heterocycles.